The molecule has 0 bridgehead atoms. The number of aromatic hydroxyl groups is 1. The number of hydrogen-bond donors (Lipinski definition) is 3. The minimum Gasteiger partial charge on any atom is -0.507 e. The molecular formula is C15H13ClN2O6S. The van der Waals surface area contributed by atoms with E-state index >= 15 is 0 Å². The molecule has 3 amide bonds. The molecule has 10 heteroatoms. The van der Waals surface area contributed by atoms with Crippen molar-refractivity contribution in [2.75, 3.05) is 6.54 Å². The Balaban J connectivity index is 2.14. The van der Waals surface area contributed by atoms with Crippen LogP contribution < -0.4 is 5.32 Å². The summed E-state index contributed by atoms with van der Waals surface area (Å²) in [5.41, 5.74) is 0.252. The van der Waals surface area contributed by atoms with E-state index in [1.807, 2.05) is 0 Å². The highest BCUT2D eigenvalue weighted by Gasteiger charge is 2.36. The zero-order chi connectivity index (χ0) is 18.7. The highest BCUT2D eigenvalue weighted by atomic mass is 35.5. The molecule has 1 aromatic carbocycles. The van der Waals surface area contributed by atoms with Gasteiger partial charge in [0.25, 0.3) is 11.1 Å². The fourth-order valence-corrected chi connectivity index (χ4v) is 2.92. The third kappa shape index (κ3) is 4.52. The third-order valence-electron chi connectivity index (χ3n) is 3.20. The van der Waals surface area contributed by atoms with Gasteiger partial charge in [-0.2, -0.15) is 0 Å². The molecule has 8 nitrogen and oxygen atoms in total. The number of carbonyl (C=O) groups excluding carboxylic acids is 3. The van der Waals surface area contributed by atoms with Gasteiger partial charge in [0.05, 0.1) is 4.91 Å². The van der Waals surface area contributed by atoms with Crippen LogP contribution in [0.3, 0.4) is 0 Å². The normalized spacial score (nSPS) is 17.0. The molecule has 1 saturated heterocycles. The van der Waals surface area contributed by atoms with Gasteiger partial charge in [-0.25, -0.2) is 0 Å². The number of phenolic OH excluding ortho intramolecular Hbond substituents is 1. The summed E-state index contributed by atoms with van der Waals surface area (Å²) in [4.78, 5) is 47.4. The lowest BCUT2D eigenvalue weighted by molar-refractivity contribution is -0.141. The molecule has 0 spiro atoms. The Morgan fingerprint density at radius 3 is 2.72 bits per heavy atom. The summed E-state index contributed by atoms with van der Waals surface area (Å²) >= 11 is 6.43. The summed E-state index contributed by atoms with van der Waals surface area (Å²) in [6.07, 6.45) is 1.30. The standard InChI is InChI=1S/C15H13ClN2O6S/c1-7(14(22)23)17-12(20)6-18-13(21)11(25-15(18)24)5-8-4-9(16)2-3-10(8)19/h2-5,7,19H,6H2,1H3,(H,17,20)(H,22,23)/b11-5-. The van der Waals surface area contributed by atoms with Crippen molar-refractivity contribution < 1.29 is 29.4 Å². The Bertz CT molecular complexity index is 794. The van der Waals surface area contributed by atoms with Crippen LogP contribution in [0.2, 0.25) is 5.02 Å². The molecule has 3 N–H and O–H groups in total. The van der Waals surface area contributed by atoms with Gasteiger partial charge in [-0.1, -0.05) is 11.6 Å². The van der Waals surface area contributed by atoms with Crippen LogP contribution >= 0.6 is 23.4 Å². The van der Waals surface area contributed by atoms with E-state index in [-0.39, 0.29) is 16.2 Å². The average molecular weight is 385 g/mol. The zero-order valence-electron chi connectivity index (χ0n) is 12.9. The van der Waals surface area contributed by atoms with E-state index in [9.17, 15) is 24.3 Å². The van der Waals surface area contributed by atoms with Gasteiger partial charge < -0.3 is 15.5 Å². The molecule has 1 aliphatic heterocycles. The molecule has 0 aliphatic carbocycles. The van der Waals surface area contributed by atoms with Gasteiger partial charge in [0.15, 0.2) is 0 Å². The highest BCUT2D eigenvalue weighted by Crippen LogP contribution is 2.34. The lowest BCUT2D eigenvalue weighted by Gasteiger charge is -2.14. The number of nitrogens with one attached hydrogen (secondary N) is 1. The number of carboxylic acids is 1. The van der Waals surface area contributed by atoms with Crippen molar-refractivity contribution in [2.45, 2.75) is 13.0 Å². The number of imide groups is 1. The second-order valence-electron chi connectivity index (χ2n) is 5.10. The second kappa shape index (κ2) is 7.58. The van der Waals surface area contributed by atoms with Gasteiger partial charge in [-0.05, 0) is 43.0 Å². The number of amides is 3. The first-order chi connectivity index (χ1) is 11.7. The van der Waals surface area contributed by atoms with Gasteiger partial charge >= 0.3 is 5.97 Å². The molecule has 1 unspecified atom stereocenters. The molecule has 1 atom stereocenters. The molecule has 0 saturated carbocycles. The molecular weight excluding hydrogens is 372 g/mol. The maximum Gasteiger partial charge on any atom is 0.325 e. The van der Waals surface area contributed by atoms with E-state index in [0.29, 0.717) is 21.7 Å². The lowest BCUT2D eigenvalue weighted by atomic mass is 10.2. The Hall–Kier alpha value is -2.52. The summed E-state index contributed by atoms with van der Waals surface area (Å²) in [6.45, 7) is 0.664. The largest absolute Gasteiger partial charge is 0.507 e. The molecule has 1 fully saturated rings. The fourth-order valence-electron chi connectivity index (χ4n) is 1.91. The molecule has 1 aromatic rings. The highest BCUT2D eigenvalue weighted by molar-refractivity contribution is 8.18. The number of phenols is 1. The Labute approximate surface area is 151 Å². The predicted molar refractivity (Wildman–Crippen MR) is 91.0 cm³/mol. The quantitative estimate of drug-likeness (QED) is 0.659. The van der Waals surface area contributed by atoms with E-state index in [4.69, 9.17) is 16.7 Å². The monoisotopic (exact) mass is 384 g/mol. The summed E-state index contributed by atoms with van der Waals surface area (Å²) in [5.74, 6) is -2.85. The lowest BCUT2D eigenvalue weighted by Crippen LogP contribution is -2.45. The minimum atomic E-state index is -1.24. The molecule has 1 heterocycles. The van der Waals surface area contributed by atoms with Gasteiger partial charge in [-0.3, -0.25) is 24.1 Å². The average Bonchev–Trinajstić information content (AvgIpc) is 2.78. The number of nitrogens with zero attached hydrogens (tertiary/aromatic N) is 1. The van der Waals surface area contributed by atoms with E-state index in [1.54, 1.807) is 0 Å². The first kappa shape index (κ1) is 18.8. The Morgan fingerprint density at radius 1 is 1.40 bits per heavy atom. The number of thioether (sulfide) groups is 1. The first-order valence-corrected chi connectivity index (χ1v) is 8.14. The smallest absolute Gasteiger partial charge is 0.325 e. The minimum absolute atomic E-state index is 0.0154. The summed E-state index contributed by atoms with van der Waals surface area (Å²) in [7, 11) is 0. The maximum atomic E-state index is 12.3. The summed E-state index contributed by atoms with van der Waals surface area (Å²) in [6, 6.07) is 3.09. The van der Waals surface area contributed by atoms with Gasteiger partial charge in [0, 0.05) is 10.6 Å². The van der Waals surface area contributed by atoms with Gasteiger partial charge in [-0.15, -0.1) is 0 Å². The van der Waals surface area contributed by atoms with Crippen molar-refractivity contribution in [3.05, 3.63) is 33.7 Å². The predicted octanol–water partition coefficient (Wildman–Crippen LogP) is 1.67. The third-order valence-corrected chi connectivity index (χ3v) is 4.34. The summed E-state index contributed by atoms with van der Waals surface area (Å²) < 4.78 is 0. The van der Waals surface area contributed by atoms with E-state index in [2.05, 4.69) is 5.32 Å². The number of benzene rings is 1. The van der Waals surface area contributed by atoms with Crippen LogP contribution in [-0.2, 0) is 14.4 Å². The molecule has 0 aromatic heterocycles. The number of halogens is 1. The topological polar surface area (TPSA) is 124 Å². The number of aliphatic carboxylic acids is 1. The zero-order valence-corrected chi connectivity index (χ0v) is 14.4. The molecule has 0 radical (unpaired) electrons. The van der Waals surface area contributed by atoms with Crippen molar-refractivity contribution in [3.63, 3.8) is 0 Å². The van der Waals surface area contributed by atoms with Crippen LogP contribution in [0.25, 0.3) is 6.08 Å². The van der Waals surface area contributed by atoms with E-state index in [0.717, 1.165) is 0 Å². The van der Waals surface area contributed by atoms with Crippen molar-refractivity contribution in [1.29, 1.82) is 0 Å². The van der Waals surface area contributed by atoms with Gasteiger partial charge in [0.1, 0.15) is 18.3 Å². The van der Waals surface area contributed by atoms with Crippen LogP contribution in [0.15, 0.2) is 23.1 Å². The Morgan fingerprint density at radius 2 is 2.08 bits per heavy atom. The Kier molecular flexibility index (Phi) is 5.70. The second-order valence-corrected chi connectivity index (χ2v) is 6.53. The molecule has 132 valence electrons. The van der Waals surface area contributed by atoms with E-state index in [1.165, 1.54) is 31.2 Å². The fraction of sp³-hybridized carbons (Fsp3) is 0.200. The van der Waals surface area contributed by atoms with Crippen LogP contribution in [0.1, 0.15) is 12.5 Å². The number of carboxylic acid groups (broad SMARTS) is 1. The SMILES string of the molecule is CC(NC(=O)CN1C(=O)S/C(=C\c2cc(Cl)ccc2O)C1=O)C(=O)O. The molecule has 2 rings (SSSR count). The van der Waals surface area contributed by atoms with Crippen LogP contribution in [-0.4, -0.2) is 50.7 Å². The maximum absolute atomic E-state index is 12.3. The van der Waals surface area contributed by atoms with Gasteiger partial charge in [0.2, 0.25) is 5.91 Å². The number of hydrogen-bond acceptors (Lipinski definition) is 6. The molecule has 25 heavy (non-hydrogen) atoms. The molecule has 1 aliphatic rings. The number of carbonyl (C=O) groups is 4. The van der Waals surface area contributed by atoms with Crippen molar-refractivity contribution >= 4 is 52.5 Å². The van der Waals surface area contributed by atoms with Crippen LogP contribution in [0, 0.1) is 0 Å². The van der Waals surface area contributed by atoms with E-state index < -0.39 is 35.6 Å². The van der Waals surface area contributed by atoms with Crippen LogP contribution in [0.5, 0.6) is 5.75 Å². The van der Waals surface area contributed by atoms with Crippen molar-refractivity contribution in [1.82, 2.24) is 10.2 Å². The summed E-state index contributed by atoms with van der Waals surface area (Å²) in [5, 5.41) is 20.3. The first-order valence-electron chi connectivity index (χ1n) is 6.95. The van der Waals surface area contributed by atoms with Crippen molar-refractivity contribution in [2.24, 2.45) is 0 Å². The van der Waals surface area contributed by atoms with Crippen LogP contribution in [0.4, 0.5) is 4.79 Å². The number of rotatable bonds is 5. The van der Waals surface area contributed by atoms with Crippen molar-refractivity contribution in [3.8, 4) is 5.75 Å².